The van der Waals surface area contributed by atoms with Crippen LogP contribution in [0.5, 0.6) is 5.75 Å². The molecule has 2 aromatic carbocycles. The SMILES string of the molecule is O=C(COc1ccc(Cl)cc1)N1CCC[C@H](OCc2ccc(F)c(F)c2)C1. The monoisotopic (exact) mass is 395 g/mol. The van der Waals surface area contributed by atoms with Crippen LogP contribution in [-0.2, 0) is 16.1 Å². The van der Waals surface area contributed by atoms with Crippen LogP contribution in [0.1, 0.15) is 18.4 Å². The van der Waals surface area contributed by atoms with Crippen LogP contribution in [0.3, 0.4) is 0 Å². The van der Waals surface area contributed by atoms with Crippen molar-refractivity contribution in [2.24, 2.45) is 0 Å². The number of halogens is 3. The molecule has 0 unspecified atom stereocenters. The highest BCUT2D eigenvalue weighted by molar-refractivity contribution is 6.30. The molecule has 0 bridgehead atoms. The first-order valence-corrected chi connectivity index (χ1v) is 9.11. The Labute approximate surface area is 161 Å². The number of ether oxygens (including phenoxy) is 2. The lowest BCUT2D eigenvalue weighted by atomic mass is 10.1. The molecule has 1 atom stereocenters. The molecule has 7 heteroatoms. The Morgan fingerprint density at radius 2 is 1.93 bits per heavy atom. The normalized spacial score (nSPS) is 17.0. The zero-order valence-corrected chi connectivity index (χ0v) is 15.4. The highest BCUT2D eigenvalue weighted by Crippen LogP contribution is 2.18. The second kappa shape index (κ2) is 9.15. The minimum Gasteiger partial charge on any atom is -0.484 e. The van der Waals surface area contributed by atoms with Gasteiger partial charge in [0.25, 0.3) is 5.91 Å². The first-order valence-electron chi connectivity index (χ1n) is 8.73. The molecule has 1 fully saturated rings. The number of amides is 1. The summed E-state index contributed by atoms with van der Waals surface area (Å²) in [5.74, 6) is -1.31. The lowest BCUT2D eigenvalue weighted by molar-refractivity contribution is -0.137. The molecule has 0 aromatic heterocycles. The van der Waals surface area contributed by atoms with Crippen molar-refractivity contribution < 1.29 is 23.0 Å². The summed E-state index contributed by atoms with van der Waals surface area (Å²) in [6, 6.07) is 10.5. The highest BCUT2D eigenvalue weighted by Gasteiger charge is 2.24. The maximum atomic E-state index is 13.3. The highest BCUT2D eigenvalue weighted by atomic mass is 35.5. The number of hydrogen-bond donors (Lipinski definition) is 0. The van der Waals surface area contributed by atoms with Crippen LogP contribution in [0.25, 0.3) is 0 Å². The Kier molecular flexibility index (Phi) is 6.63. The summed E-state index contributed by atoms with van der Waals surface area (Å²) >= 11 is 5.82. The van der Waals surface area contributed by atoms with Crippen LogP contribution in [0, 0.1) is 11.6 Å². The van der Waals surface area contributed by atoms with E-state index in [1.54, 1.807) is 29.2 Å². The number of carbonyl (C=O) groups excluding carboxylic acids is 1. The van der Waals surface area contributed by atoms with Gasteiger partial charge >= 0.3 is 0 Å². The first-order chi connectivity index (χ1) is 13.0. The second-order valence-corrected chi connectivity index (χ2v) is 6.84. The zero-order valence-electron chi connectivity index (χ0n) is 14.7. The molecule has 0 saturated carbocycles. The van der Waals surface area contributed by atoms with Crippen molar-refractivity contribution >= 4 is 17.5 Å². The second-order valence-electron chi connectivity index (χ2n) is 6.41. The lowest BCUT2D eigenvalue weighted by Crippen LogP contribution is -2.45. The van der Waals surface area contributed by atoms with Crippen molar-refractivity contribution in [2.75, 3.05) is 19.7 Å². The van der Waals surface area contributed by atoms with Crippen molar-refractivity contribution in [3.05, 3.63) is 64.7 Å². The largest absolute Gasteiger partial charge is 0.484 e. The fraction of sp³-hybridized carbons (Fsp3) is 0.350. The van der Waals surface area contributed by atoms with Crippen molar-refractivity contribution in [2.45, 2.75) is 25.6 Å². The minimum absolute atomic E-state index is 0.0580. The molecular formula is C20H20ClF2NO3. The average molecular weight is 396 g/mol. The topological polar surface area (TPSA) is 38.8 Å². The van der Waals surface area contributed by atoms with E-state index >= 15 is 0 Å². The third-order valence-electron chi connectivity index (χ3n) is 4.38. The van der Waals surface area contributed by atoms with Gasteiger partial charge in [-0.05, 0) is 54.8 Å². The fourth-order valence-electron chi connectivity index (χ4n) is 2.91. The summed E-state index contributed by atoms with van der Waals surface area (Å²) in [6.45, 7) is 1.21. The van der Waals surface area contributed by atoms with Crippen LogP contribution in [0.15, 0.2) is 42.5 Å². The number of nitrogens with zero attached hydrogens (tertiary/aromatic N) is 1. The van der Waals surface area contributed by atoms with Gasteiger partial charge in [-0.3, -0.25) is 4.79 Å². The van der Waals surface area contributed by atoms with Crippen LogP contribution >= 0.6 is 11.6 Å². The van der Waals surface area contributed by atoms with E-state index in [2.05, 4.69) is 0 Å². The van der Waals surface area contributed by atoms with Gasteiger partial charge in [0.2, 0.25) is 0 Å². The zero-order chi connectivity index (χ0) is 19.2. The van der Waals surface area contributed by atoms with Gasteiger partial charge in [0.05, 0.1) is 12.7 Å². The van der Waals surface area contributed by atoms with E-state index in [1.807, 2.05) is 0 Å². The van der Waals surface area contributed by atoms with Gasteiger partial charge in [0, 0.05) is 18.1 Å². The van der Waals surface area contributed by atoms with Crippen molar-refractivity contribution in [3.8, 4) is 5.75 Å². The number of hydrogen-bond acceptors (Lipinski definition) is 3. The summed E-state index contributed by atoms with van der Waals surface area (Å²) in [6.07, 6.45) is 1.48. The van der Waals surface area contributed by atoms with Crippen LogP contribution in [0.2, 0.25) is 5.02 Å². The predicted molar refractivity (Wildman–Crippen MR) is 97.7 cm³/mol. The Hall–Kier alpha value is -2.18. The number of likely N-dealkylation sites (tertiary alicyclic amines) is 1. The van der Waals surface area contributed by atoms with Gasteiger partial charge in [0.15, 0.2) is 18.2 Å². The van der Waals surface area contributed by atoms with E-state index in [4.69, 9.17) is 21.1 Å². The van der Waals surface area contributed by atoms with E-state index < -0.39 is 11.6 Å². The van der Waals surface area contributed by atoms with E-state index in [9.17, 15) is 13.6 Å². The van der Waals surface area contributed by atoms with Crippen LogP contribution in [0.4, 0.5) is 8.78 Å². The molecule has 3 rings (SSSR count). The van der Waals surface area contributed by atoms with E-state index in [1.165, 1.54) is 6.07 Å². The standard InChI is InChI=1S/C20H20ClF2NO3/c21-15-4-6-16(7-5-15)27-13-20(25)24-9-1-2-17(11-24)26-12-14-3-8-18(22)19(23)10-14/h3-8,10,17H,1-2,9,11-13H2/t17-/m0/s1. The smallest absolute Gasteiger partial charge is 0.260 e. The molecule has 1 amide bonds. The van der Waals surface area contributed by atoms with Crippen molar-refractivity contribution in [1.82, 2.24) is 4.90 Å². The molecule has 4 nitrogen and oxygen atoms in total. The molecular weight excluding hydrogens is 376 g/mol. The molecule has 144 valence electrons. The predicted octanol–water partition coefficient (Wildman–Crippen LogP) is 4.20. The third-order valence-corrected chi connectivity index (χ3v) is 4.63. The summed E-state index contributed by atoms with van der Waals surface area (Å²) < 4.78 is 37.5. The molecule has 0 aliphatic carbocycles. The van der Waals surface area contributed by atoms with E-state index in [0.717, 1.165) is 25.0 Å². The summed E-state index contributed by atoms with van der Waals surface area (Å²) in [5.41, 5.74) is 0.559. The van der Waals surface area contributed by atoms with Crippen LogP contribution in [-0.4, -0.2) is 36.6 Å². The van der Waals surface area contributed by atoms with Gasteiger partial charge in [-0.25, -0.2) is 8.78 Å². The maximum absolute atomic E-state index is 13.3. The quantitative estimate of drug-likeness (QED) is 0.735. The van der Waals surface area contributed by atoms with E-state index in [-0.39, 0.29) is 25.2 Å². The first kappa shape index (κ1) is 19.6. The number of rotatable bonds is 6. The lowest BCUT2D eigenvalue weighted by Gasteiger charge is -2.32. The molecule has 27 heavy (non-hydrogen) atoms. The number of piperidine rings is 1. The number of benzene rings is 2. The Morgan fingerprint density at radius 3 is 2.67 bits per heavy atom. The summed E-state index contributed by atoms with van der Waals surface area (Å²) in [5, 5.41) is 0.603. The van der Waals surface area contributed by atoms with Gasteiger partial charge in [-0.2, -0.15) is 0 Å². The summed E-state index contributed by atoms with van der Waals surface area (Å²) in [4.78, 5) is 14.1. The Morgan fingerprint density at radius 1 is 1.15 bits per heavy atom. The van der Waals surface area contributed by atoms with Gasteiger partial charge in [0.1, 0.15) is 5.75 Å². The van der Waals surface area contributed by atoms with Gasteiger partial charge < -0.3 is 14.4 Å². The fourth-order valence-corrected chi connectivity index (χ4v) is 3.04. The number of carbonyl (C=O) groups is 1. The molecule has 2 aromatic rings. The average Bonchev–Trinajstić information content (AvgIpc) is 2.68. The van der Waals surface area contributed by atoms with Crippen molar-refractivity contribution in [3.63, 3.8) is 0 Å². The van der Waals surface area contributed by atoms with Gasteiger partial charge in [-0.1, -0.05) is 17.7 Å². The Balaban J connectivity index is 1.47. The summed E-state index contributed by atoms with van der Waals surface area (Å²) in [7, 11) is 0. The molecule has 1 aliphatic rings. The molecule has 0 spiro atoms. The molecule has 1 heterocycles. The molecule has 0 radical (unpaired) electrons. The third kappa shape index (κ3) is 5.65. The van der Waals surface area contributed by atoms with Gasteiger partial charge in [-0.15, -0.1) is 0 Å². The minimum atomic E-state index is -0.893. The molecule has 0 N–H and O–H groups in total. The van der Waals surface area contributed by atoms with Crippen molar-refractivity contribution in [1.29, 1.82) is 0 Å². The Bertz CT molecular complexity index is 785. The maximum Gasteiger partial charge on any atom is 0.260 e. The van der Waals surface area contributed by atoms with Crippen LogP contribution < -0.4 is 4.74 Å². The molecule has 1 saturated heterocycles. The molecule has 1 aliphatic heterocycles. The van der Waals surface area contributed by atoms with E-state index in [0.29, 0.717) is 29.4 Å².